The summed E-state index contributed by atoms with van der Waals surface area (Å²) in [4.78, 5) is 10.8. The van der Waals surface area contributed by atoms with Gasteiger partial charge < -0.3 is 5.11 Å². The zero-order valence-electron chi connectivity index (χ0n) is 11.9. The number of carbonyl (C=O) groups is 1. The maximum absolute atomic E-state index is 12.3. The van der Waals surface area contributed by atoms with Crippen molar-refractivity contribution >= 4 is 27.6 Å². The molecule has 0 aliphatic heterocycles. The van der Waals surface area contributed by atoms with Crippen molar-refractivity contribution in [3.05, 3.63) is 28.8 Å². The smallest absolute Gasteiger partial charge is 0.335 e. The molecule has 2 N–H and O–H groups in total. The fourth-order valence-electron chi connectivity index (χ4n) is 2.28. The average molecular weight is 332 g/mol. The Labute approximate surface area is 129 Å². The van der Waals surface area contributed by atoms with Gasteiger partial charge in [-0.15, -0.1) is 0 Å². The van der Waals surface area contributed by atoms with Crippen LogP contribution in [-0.4, -0.2) is 26.0 Å². The Morgan fingerprint density at radius 1 is 1.43 bits per heavy atom. The summed E-state index contributed by atoms with van der Waals surface area (Å²) < 4.78 is 27.2. The minimum absolute atomic E-state index is 0.0156. The van der Waals surface area contributed by atoms with Gasteiger partial charge in [0.2, 0.25) is 10.0 Å². The number of halogens is 1. The maximum Gasteiger partial charge on any atom is 0.335 e. The van der Waals surface area contributed by atoms with Gasteiger partial charge in [0.25, 0.3) is 0 Å². The second kappa shape index (κ2) is 5.59. The lowest BCUT2D eigenvalue weighted by molar-refractivity contribution is 0.0696. The van der Waals surface area contributed by atoms with Crippen LogP contribution in [0.3, 0.4) is 0 Å². The minimum atomic E-state index is -3.82. The molecule has 5 nitrogen and oxygen atoms in total. The molecule has 0 amide bonds. The Bertz CT molecular complexity index is 666. The Morgan fingerprint density at radius 2 is 2.05 bits per heavy atom. The van der Waals surface area contributed by atoms with E-state index in [1.165, 1.54) is 12.1 Å². The molecule has 1 saturated carbocycles. The van der Waals surface area contributed by atoms with Crippen molar-refractivity contribution in [2.45, 2.75) is 31.6 Å². The van der Waals surface area contributed by atoms with E-state index in [1.807, 2.05) is 0 Å². The third-order valence-corrected chi connectivity index (χ3v) is 6.08. The molecule has 0 unspecified atom stereocenters. The highest BCUT2D eigenvalue weighted by atomic mass is 35.5. The molecule has 21 heavy (non-hydrogen) atoms. The molecule has 2 rings (SSSR count). The first kappa shape index (κ1) is 16.3. The molecular formula is C14H18ClNO4S. The van der Waals surface area contributed by atoms with Crippen LogP contribution in [0.4, 0.5) is 0 Å². The molecule has 7 heteroatoms. The fraction of sp³-hybridized carbons (Fsp3) is 0.500. The van der Waals surface area contributed by atoms with E-state index in [1.54, 1.807) is 0 Å². The van der Waals surface area contributed by atoms with Crippen molar-refractivity contribution in [2.75, 3.05) is 6.54 Å². The number of benzene rings is 1. The zero-order chi connectivity index (χ0) is 15.8. The van der Waals surface area contributed by atoms with Crippen LogP contribution in [0, 0.1) is 11.3 Å². The van der Waals surface area contributed by atoms with Crippen molar-refractivity contribution in [1.29, 1.82) is 0 Å². The Balaban J connectivity index is 2.24. The first-order valence-electron chi connectivity index (χ1n) is 6.70. The highest BCUT2D eigenvalue weighted by Gasteiger charge is 2.45. The van der Waals surface area contributed by atoms with Crippen LogP contribution in [0.1, 0.15) is 37.0 Å². The van der Waals surface area contributed by atoms with Crippen LogP contribution in [0.5, 0.6) is 0 Å². The van der Waals surface area contributed by atoms with Gasteiger partial charge in [-0.1, -0.05) is 25.4 Å². The summed E-state index contributed by atoms with van der Waals surface area (Å²) in [6.07, 6.45) is 1.99. The number of carboxylic acid groups (broad SMARTS) is 1. The SMILES string of the molecule is CC(C)C1(CNS(=O)(=O)c2cc(C(=O)O)ccc2Cl)CC1. The number of rotatable bonds is 6. The van der Waals surface area contributed by atoms with Gasteiger partial charge in [-0.25, -0.2) is 17.9 Å². The van der Waals surface area contributed by atoms with Gasteiger partial charge in [0.15, 0.2) is 0 Å². The molecule has 1 aromatic carbocycles. The van der Waals surface area contributed by atoms with Gasteiger partial charge in [0.1, 0.15) is 4.90 Å². The molecule has 1 fully saturated rings. The maximum atomic E-state index is 12.3. The predicted octanol–water partition coefficient (Wildman–Crippen LogP) is 2.75. The van der Waals surface area contributed by atoms with Crippen molar-refractivity contribution in [3.63, 3.8) is 0 Å². The van der Waals surface area contributed by atoms with Gasteiger partial charge in [-0.05, 0) is 42.4 Å². The molecule has 1 aromatic rings. The van der Waals surface area contributed by atoms with Crippen LogP contribution >= 0.6 is 11.6 Å². The molecule has 1 aliphatic carbocycles. The van der Waals surface area contributed by atoms with Gasteiger partial charge in [-0.3, -0.25) is 0 Å². The number of sulfonamides is 1. The van der Waals surface area contributed by atoms with E-state index < -0.39 is 16.0 Å². The number of nitrogens with one attached hydrogen (secondary N) is 1. The summed E-state index contributed by atoms with van der Waals surface area (Å²) in [7, 11) is -3.82. The lowest BCUT2D eigenvalue weighted by Crippen LogP contribution is -2.32. The van der Waals surface area contributed by atoms with E-state index in [9.17, 15) is 13.2 Å². The van der Waals surface area contributed by atoms with Gasteiger partial charge in [-0.2, -0.15) is 0 Å². The first-order valence-corrected chi connectivity index (χ1v) is 8.57. The third kappa shape index (κ3) is 3.39. The molecule has 0 atom stereocenters. The summed E-state index contributed by atoms with van der Waals surface area (Å²) in [5.41, 5.74) is -0.0889. The van der Waals surface area contributed by atoms with E-state index in [4.69, 9.17) is 16.7 Å². The van der Waals surface area contributed by atoms with Gasteiger partial charge >= 0.3 is 5.97 Å². The van der Waals surface area contributed by atoms with Crippen molar-refractivity contribution in [2.24, 2.45) is 11.3 Å². The summed E-state index contributed by atoms with van der Waals surface area (Å²) in [6, 6.07) is 3.65. The average Bonchev–Trinajstić information content (AvgIpc) is 3.17. The molecule has 0 saturated heterocycles. The van der Waals surface area contributed by atoms with Crippen molar-refractivity contribution in [1.82, 2.24) is 4.72 Å². The molecule has 0 aromatic heterocycles. The quantitative estimate of drug-likeness (QED) is 0.839. The molecular weight excluding hydrogens is 314 g/mol. The highest BCUT2D eigenvalue weighted by molar-refractivity contribution is 7.89. The van der Waals surface area contributed by atoms with Crippen molar-refractivity contribution < 1.29 is 18.3 Å². The van der Waals surface area contributed by atoms with E-state index in [-0.39, 0.29) is 20.9 Å². The zero-order valence-corrected chi connectivity index (χ0v) is 13.5. The Hall–Kier alpha value is -1.11. The fourth-order valence-corrected chi connectivity index (χ4v) is 3.94. The highest BCUT2D eigenvalue weighted by Crippen LogP contribution is 2.51. The van der Waals surface area contributed by atoms with Crippen LogP contribution in [0.25, 0.3) is 0 Å². The largest absolute Gasteiger partial charge is 0.478 e. The molecule has 0 heterocycles. The summed E-state index contributed by atoms with van der Waals surface area (Å²) >= 11 is 5.90. The third-order valence-electron chi connectivity index (χ3n) is 4.20. The van der Waals surface area contributed by atoms with Crippen LogP contribution in [-0.2, 0) is 10.0 Å². The van der Waals surface area contributed by atoms with Crippen LogP contribution < -0.4 is 4.72 Å². The molecule has 1 aliphatic rings. The second-order valence-electron chi connectivity index (χ2n) is 5.79. The monoisotopic (exact) mass is 331 g/mol. The second-order valence-corrected chi connectivity index (χ2v) is 7.93. The summed E-state index contributed by atoms with van der Waals surface area (Å²) in [5.74, 6) is -0.801. The first-order chi connectivity index (χ1) is 9.68. The van der Waals surface area contributed by atoms with Crippen LogP contribution in [0.2, 0.25) is 5.02 Å². The molecule has 0 radical (unpaired) electrons. The number of hydrogen-bond donors (Lipinski definition) is 2. The predicted molar refractivity (Wildman–Crippen MR) is 80.1 cm³/mol. The number of carboxylic acids is 1. The van der Waals surface area contributed by atoms with E-state index in [2.05, 4.69) is 18.6 Å². The molecule has 0 spiro atoms. The number of hydrogen-bond acceptors (Lipinski definition) is 3. The molecule has 0 bridgehead atoms. The Morgan fingerprint density at radius 3 is 2.52 bits per heavy atom. The van der Waals surface area contributed by atoms with Gasteiger partial charge in [0, 0.05) is 6.54 Å². The van der Waals surface area contributed by atoms with Gasteiger partial charge in [0.05, 0.1) is 10.6 Å². The summed E-state index contributed by atoms with van der Waals surface area (Å²) in [6.45, 7) is 4.49. The normalized spacial score (nSPS) is 17.0. The lowest BCUT2D eigenvalue weighted by atomic mass is 9.93. The Kier molecular flexibility index (Phi) is 4.33. The lowest BCUT2D eigenvalue weighted by Gasteiger charge is -2.20. The summed E-state index contributed by atoms with van der Waals surface area (Å²) in [5, 5.41) is 8.97. The van der Waals surface area contributed by atoms with Crippen LogP contribution in [0.15, 0.2) is 23.1 Å². The minimum Gasteiger partial charge on any atom is -0.478 e. The van der Waals surface area contributed by atoms with Crippen molar-refractivity contribution in [3.8, 4) is 0 Å². The molecule has 116 valence electrons. The van der Waals surface area contributed by atoms with E-state index in [0.29, 0.717) is 12.5 Å². The number of aromatic carboxylic acids is 1. The topological polar surface area (TPSA) is 83.5 Å². The standard InChI is InChI=1S/C14H18ClNO4S/c1-9(2)14(5-6-14)8-16-21(19,20)12-7-10(13(17)18)3-4-11(12)15/h3-4,7,9,16H,5-6,8H2,1-2H3,(H,17,18). The van der Waals surface area contributed by atoms with E-state index in [0.717, 1.165) is 18.9 Å². The van der Waals surface area contributed by atoms with E-state index >= 15 is 0 Å².